The number of hydrogen-bond donors (Lipinski definition) is 1. The van der Waals surface area contributed by atoms with E-state index in [1.807, 2.05) is 19.9 Å². The molecule has 1 N–H and O–H groups in total. The number of carbonyl (C=O) groups excluding carboxylic acids is 2. The molecule has 1 atom stereocenters. The van der Waals surface area contributed by atoms with Crippen molar-refractivity contribution in [2.24, 2.45) is 0 Å². The van der Waals surface area contributed by atoms with Crippen LogP contribution in [-0.4, -0.2) is 76.9 Å². The summed E-state index contributed by atoms with van der Waals surface area (Å²) in [7, 11) is -2.21. The van der Waals surface area contributed by atoms with Gasteiger partial charge in [0.15, 0.2) is 0 Å². The summed E-state index contributed by atoms with van der Waals surface area (Å²) in [6, 6.07) is 11.3. The van der Waals surface area contributed by atoms with Crippen molar-refractivity contribution in [1.82, 2.24) is 10.2 Å². The number of methoxy groups -OCH3 is 1. The lowest BCUT2D eigenvalue weighted by Crippen LogP contribution is -2.45. The van der Waals surface area contributed by atoms with E-state index in [4.69, 9.17) is 14.2 Å². The first-order valence-electron chi connectivity index (χ1n) is 12.1. The average molecular weight is 532 g/mol. The Balaban J connectivity index is 1.50. The third-order valence-electron chi connectivity index (χ3n) is 6.40. The molecule has 2 amide bonds. The maximum atomic E-state index is 13.1. The van der Waals surface area contributed by atoms with Crippen molar-refractivity contribution < 1.29 is 32.2 Å². The van der Waals surface area contributed by atoms with E-state index in [2.05, 4.69) is 5.32 Å². The van der Waals surface area contributed by atoms with E-state index in [1.165, 1.54) is 0 Å². The van der Waals surface area contributed by atoms with Crippen molar-refractivity contribution >= 4 is 27.5 Å². The predicted octanol–water partition coefficient (Wildman–Crippen LogP) is 2.35. The topological polar surface area (TPSA) is 114 Å². The standard InChI is InChI=1S/C26H33N3O7S/c1-26(2)16-22(21-10-9-20(34-3)15-23(21)36-26)27-24(30)17-29(37(4,32)33)19-7-5-18(6-8-19)25(31)28-11-13-35-14-12-28/h5-10,15,22H,11-14,16-17H2,1-4H3,(H,27,30). The summed E-state index contributed by atoms with van der Waals surface area (Å²) >= 11 is 0. The molecule has 0 aliphatic carbocycles. The molecular weight excluding hydrogens is 498 g/mol. The van der Waals surface area contributed by atoms with E-state index in [0.717, 1.165) is 16.1 Å². The Morgan fingerprint density at radius 3 is 2.43 bits per heavy atom. The minimum absolute atomic E-state index is 0.143. The number of hydrogen-bond acceptors (Lipinski definition) is 7. The lowest BCUT2D eigenvalue weighted by molar-refractivity contribution is -0.120. The van der Waals surface area contributed by atoms with Gasteiger partial charge in [0, 0.05) is 36.7 Å². The molecule has 1 fully saturated rings. The molecule has 1 unspecified atom stereocenters. The highest BCUT2D eigenvalue weighted by molar-refractivity contribution is 7.92. The highest BCUT2D eigenvalue weighted by Gasteiger charge is 2.35. The van der Waals surface area contributed by atoms with Gasteiger partial charge in [0.05, 0.1) is 38.3 Å². The molecular formula is C26H33N3O7S. The largest absolute Gasteiger partial charge is 0.497 e. The SMILES string of the molecule is COc1ccc2c(c1)OC(C)(C)CC2NC(=O)CN(c1ccc(C(=O)N2CCOCC2)cc1)S(C)(=O)=O. The van der Waals surface area contributed by atoms with Crippen LogP contribution in [0, 0.1) is 0 Å². The number of carbonyl (C=O) groups is 2. The van der Waals surface area contributed by atoms with Gasteiger partial charge in [0.1, 0.15) is 23.6 Å². The summed E-state index contributed by atoms with van der Waals surface area (Å²) < 4.78 is 42.9. The molecule has 0 aromatic heterocycles. The van der Waals surface area contributed by atoms with Gasteiger partial charge < -0.3 is 24.4 Å². The van der Waals surface area contributed by atoms with Crippen molar-refractivity contribution in [2.45, 2.75) is 31.9 Å². The molecule has 11 heteroatoms. The van der Waals surface area contributed by atoms with Gasteiger partial charge >= 0.3 is 0 Å². The average Bonchev–Trinajstić information content (AvgIpc) is 2.85. The second-order valence-electron chi connectivity index (χ2n) is 9.81. The van der Waals surface area contributed by atoms with Gasteiger partial charge in [-0.25, -0.2) is 8.42 Å². The fourth-order valence-corrected chi connectivity index (χ4v) is 5.43. The van der Waals surface area contributed by atoms with Gasteiger partial charge in [0.25, 0.3) is 5.91 Å². The molecule has 2 aliphatic heterocycles. The van der Waals surface area contributed by atoms with E-state index in [0.29, 0.717) is 55.5 Å². The van der Waals surface area contributed by atoms with Crippen LogP contribution >= 0.6 is 0 Å². The number of benzene rings is 2. The Morgan fingerprint density at radius 1 is 1.14 bits per heavy atom. The van der Waals surface area contributed by atoms with E-state index < -0.39 is 28.1 Å². The van der Waals surface area contributed by atoms with Crippen molar-refractivity contribution in [2.75, 3.05) is 50.5 Å². The Labute approximate surface area is 217 Å². The van der Waals surface area contributed by atoms with Crippen LogP contribution in [0.5, 0.6) is 11.5 Å². The maximum Gasteiger partial charge on any atom is 0.254 e. The summed E-state index contributed by atoms with van der Waals surface area (Å²) in [6.07, 6.45) is 1.56. The molecule has 0 bridgehead atoms. The van der Waals surface area contributed by atoms with E-state index in [9.17, 15) is 18.0 Å². The van der Waals surface area contributed by atoms with Gasteiger partial charge in [-0.2, -0.15) is 0 Å². The zero-order chi connectivity index (χ0) is 26.8. The molecule has 10 nitrogen and oxygen atoms in total. The van der Waals surface area contributed by atoms with Crippen LogP contribution in [-0.2, 0) is 19.6 Å². The normalized spacial score (nSPS) is 18.8. The zero-order valence-corrected chi connectivity index (χ0v) is 22.3. The first-order valence-corrected chi connectivity index (χ1v) is 13.9. The molecule has 0 saturated carbocycles. The number of fused-ring (bicyclic) bond motifs is 1. The van der Waals surface area contributed by atoms with Gasteiger partial charge in [-0.3, -0.25) is 13.9 Å². The fraction of sp³-hybridized carbons (Fsp3) is 0.462. The highest BCUT2D eigenvalue weighted by Crippen LogP contribution is 2.41. The molecule has 2 aromatic rings. The lowest BCUT2D eigenvalue weighted by atomic mass is 9.89. The van der Waals surface area contributed by atoms with E-state index in [-0.39, 0.29) is 11.9 Å². The molecule has 2 aromatic carbocycles. The fourth-order valence-electron chi connectivity index (χ4n) is 4.58. The summed E-state index contributed by atoms with van der Waals surface area (Å²) in [5, 5.41) is 2.97. The van der Waals surface area contributed by atoms with Crippen molar-refractivity contribution in [3.05, 3.63) is 53.6 Å². The van der Waals surface area contributed by atoms with Crippen LogP contribution in [0.1, 0.15) is 42.2 Å². The second-order valence-corrected chi connectivity index (χ2v) is 11.7. The number of rotatable bonds is 7. The molecule has 1 saturated heterocycles. The molecule has 0 spiro atoms. The number of amides is 2. The summed E-state index contributed by atoms with van der Waals surface area (Å²) in [5.74, 6) is 0.654. The van der Waals surface area contributed by atoms with Crippen molar-refractivity contribution in [3.8, 4) is 11.5 Å². The Morgan fingerprint density at radius 2 is 1.81 bits per heavy atom. The number of sulfonamides is 1. The lowest BCUT2D eigenvalue weighted by Gasteiger charge is -2.38. The minimum Gasteiger partial charge on any atom is -0.497 e. The van der Waals surface area contributed by atoms with E-state index in [1.54, 1.807) is 48.4 Å². The van der Waals surface area contributed by atoms with Crippen LogP contribution in [0.2, 0.25) is 0 Å². The third-order valence-corrected chi connectivity index (χ3v) is 7.54. The van der Waals surface area contributed by atoms with Crippen LogP contribution in [0.15, 0.2) is 42.5 Å². The van der Waals surface area contributed by atoms with Crippen LogP contribution in [0.3, 0.4) is 0 Å². The Bertz CT molecular complexity index is 1260. The van der Waals surface area contributed by atoms with E-state index >= 15 is 0 Å². The van der Waals surface area contributed by atoms with Gasteiger partial charge in [0.2, 0.25) is 15.9 Å². The monoisotopic (exact) mass is 531 g/mol. The number of anilines is 1. The zero-order valence-electron chi connectivity index (χ0n) is 21.5. The molecule has 2 aliphatic rings. The van der Waals surface area contributed by atoms with Crippen molar-refractivity contribution in [3.63, 3.8) is 0 Å². The molecule has 0 radical (unpaired) electrons. The second kappa shape index (κ2) is 10.6. The highest BCUT2D eigenvalue weighted by atomic mass is 32.2. The number of ether oxygens (including phenoxy) is 3. The van der Waals surface area contributed by atoms with Gasteiger partial charge in [-0.1, -0.05) is 0 Å². The molecule has 200 valence electrons. The number of nitrogens with zero attached hydrogens (tertiary/aromatic N) is 2. The first kappa shape index (κ1) is 26.7. The quantitative estimate of drug-likeness (QED) is 0.583. The minimum atomic E-state index is -3.78. The van der Waals surface area contributed by atoms with Gasteiger partial charge in [-0.05, 0) is 50.2 Å². The molecule has 4 rings (SSSR count). The summed E-state index contributed by atoms with van der Waals surface area (Å²) in [6.45, 7) is 5.45. The Kier molecular flexibility index (Phi) is 7.65. The molecule has 2 heterocycles. The van der Waals surface area contributed by atoms with Gasteiger partial charge in [-0.15, -0.1) is 0 Å². The van der Waals surface area contributed by atoms with Crippen LogP contribution < -0.4 is 19.1 Å². The summed E-state index contributed by atoms with van der Waals surface area (Å²) in [5.41, 5.74) is 0.996. The van der Waals surface area contributed by atoms with Crippen molar-refractivity contribution in [1.29, 1.82) is 0 Å². The maximum absolute atomic E-state index is 13.1. The Hall–Kier alpha value is -3.31. The summed E-state index contributed by atoms with van der Waals surface area (Å²) in [4.78, 5) is 27.5. The van der Waals surface area contributed by atoms with Crippen LogP contribution in [0.25, 0.3) is 0 Å². The van der Waals surface area contributed by atoms with Crippen LogP contribution in [0.4, 0.5) is 5.69 Å². The smallest absolute Gasteiger partial charge is 0.254 e. The number of nitrogens with one attached hydrogen (secondary N) is 1. The predicted molar refractivity (Wildman–Crippen MR) is 139 cm³/mol. The number of morpholine rings is 1. The third kappa shape index (κ3) is 6.34. The first-order chi connectivity index (χ1) is 17.5. The molecule has 37 heavy (non-hydrogen) atoms.